The van der Waals surface area contributed by atoms with Crippen molar-refractivity contribution >= 4 is 52.3 Å². The number of rotatable bonds is 7. The topological polar surface area (TPSA) is 62.3 Å². The van der Waals surface area contributed by atoms with E-state index in [1.54, 1.807) is 30.5 Å². The zero-order chi connectivity index (χ0) is 26.4. The smallest absolute Gasteiger partial charge is 0.280 e. The quantitative estimate of drug-likeness (QED) is 0.249. The molecule has 188 valence electrons. The van der Waals surface area contributed by atoms with Crippen LogP contribution in [0.3, 0.4) is 0 Å². The second-order valence-electron chi connectivity index (χ2n) is 8.42. The predicted molar refractivity (Wildman–Crippen MR) is 150 cm³/mol. The number of hydrogen-bond acceptors (Lipinski definition) is 3. The Morgan fingerprint density at radius 3 is 1.92 bits per heavy atom. The standard InChI is InChI=1S/C29H24Cl3N3O2/c1-20(21-9-4-2-5-10-21)34-27(36)26(24-13-8-18-33-19-24)35(28(37)29(30,31)32)25-16-14-23(15-17-25)22-11-6-3-7-12-22/h2-20,26H,1H3,(H,34,36). The molecule has 0 spiro atoms. The Balaban J connectivity index is 1.77. The molecule has 1 aromatic heterocycles. The van der Waals surface area contributed by atoms with Crippen molar-refractivity contribution in [3.63, 3.8) is 0 Å². The zero-order valence-corrected chi connectivity index (χ0v) is 22.2. The van der Waals surface area contributed by atoms with Gasteiger partial charge in [-0.2, -0.15) is 0 Å². The highest BCUT2D eigenvalue weighted by Crippen LogP contribution is 2.37. The lowest BCUT2D eigenvalue weighted by atomic mass is 10.0. The monoisotopic (exact) mass is 551 g/mol. The molecule has 0 saturated heterocycles. The molecular formula is C29H24Cl3N3O2. The van der Waals surface area contributed by atoms with E-state index in [4.69, 9.17) is 34.8 Å². The Morgan fingerprint density at radius 1 is 0.784 bits per heavy atom. The fourth-order valence-corrected chi connectivity index (χ4v) is 4.31. The molecule has 0 bridgehead atoms. The van der Waals surface area contributed by atoms with Gasteiger partial charge in [0, 0.05) is 23.6 Å². The fourth-order valence-electron chi connectivity index (χ4n) is 4.04. The number of carbonyl (C=O) groups is 2. The van der Waals surface area contributed by atoms with Crippen LogP contribution in [0.1, 0.15) is 30.1 Å². The van der Waals surface area contributed by atoms with Crippen molar-refractivity contribution in [2.45, 2.75) is 22.8 Å². The highest BCUT2D eigenvalue weighted by Gasteiger charge is 2.42. The van der Waals surface area contributed by atoms with E-state index in [0.717, 1.165) is 16.7 Å². The van der Waals surface area contributed by atoms with Crippen LogP contribution < -0.4 is 10.2 Å². The van der Waals surface area contributed by atoms with Crippen molar-refractivity contribution in [1.29, 1.82) is 0 Å². The maximum absolute atomic E-state index is 13.8. The lowest BCUT2D eigenvalue weighted by Crippen LogP contribution is -2.48. The Morgan fingerprint density at radius 2 is 1.35 bits per heavy atom. The van der Waals surface area contributed by atoms with E-state index in [1.165, 1.54) is 11.1 Å². The van der Waals surface area contributed by atoms with E-state index in [1.807, 2.05) is 79.7 Å². The van der Waals surface area contributed by atoms with Crippen LogP contribution in [-0.2, 0) is 9.59 Å². The van der Waals surface area contributed by atoms with Gasteiger partial charge in [-0.3, -0.25) is 19.5 Å². The molecule has 2 atom stereocenters. The Labute approximate surface area is 231 Å². The Hall–Kier alpha value is -3.38. The van der Waals surface area contributed by atoms with Crippen LogP contribution in [0.5, 0.6) is 0 Å². The van der Waals surface area contributed by atoms with Gasteiger partial charge in [-0.05, 0) is 41.8 Å². The molecule has 0 aliphatic heterocycles. The van der Waals surface area contributed by atoms with Gasteiger partial charge < -0.3 is 5.32 Å². The molecule has 0 radical (unpaired) electrons. The first-order chi connectivity index (χ1) is 17.8. The van der Waals surface area contributed by atoms with Crippen molar-refractivity contribution in [2.75, 3.05) is 4.90 Å². The summed E-state index contributed by atoms with van der Waals surface area (Å²) in [5.41, 5.74) is 3.71. The van der Waals surface area contributed by atoms with Crippen molar-refractivity contribution in [1.82, 2.24) is 10.3 Å². The van der Waals surface area contributed by atoms with Gasteiger partial charge in [0.15, 0.2) is 0 Å². The Bertz CT molecular complexity index is 1330. The number of anilines is 1. The summed E-state index contributed by atoms with van der Waals surface area (Å²) in [5, 5.41) is 3.00. The SMILES string of the molecule is CC(NC(=O)C(c1cccnc1)N(C(=O)C(Cl)(Cl)Cl)c1ccc(-c2ccccc2)cc1)c1ccccc1. The van der Waals surface area contributed by atoms with Crippen LogP contribution in [0.15, 0.2) is 109 Å². The molecule has 5 nitrogen and oxygen atoms in total. The lowest BCUT2D eigenvalue weighted by Gasteiger charge is -2.34. The molecule has 2 amide bonds. The van der Waals surface area contributed by atoms with E-state index in [9.17, 15) is 9.59 Å². The van der Waals surface area contributed by atoms with Gasteiger partial charge in [0.05, 0.1) is 6.04 Å². The Kier molecular flexibility index (Phi) is 8.49. The summed E-state index contributed by atoms with van der Waals surface area (Å²) < 4.78 is -2.30. The molecule has 1 N–H and O–H groups in total. The predicted octanol–water partition coefficient (Wildman–Crippen LogP) is 7.07. The summed E-state index contributed by atoms with van der Waals surface area (Å²) in [6, 6.07) is 28.4. The molecular weight excluding hydrogens is 529 g/mol. The average molecular weight is 553 g/mol. The molecule has 0 aliphatic rings. The number of pyridine rings is 1. The minimum absolute atomic E-state index is 0.335. The number of halogens is 3. The van der Waals surface area contributed by atoms with Crippen molar-refractivity contribution in [3.05, 3.63) is 121 Å². The largest absolute Gasteiger partial charge is 0.347 e. The number of benzene rings is 3. The molecule has 2 unspecified atom stereocenters. The van der Waals surface area contributed by atoms with Gasteiger partial charge >= 0.3 is 0 Å². The maximum Gasteiger partial charge on any atom is 0.280 e. The van der Waals surface area contributed by atoms with E-state index in [0.29, 0.717) is 11.3 Å². The maximum atomic E-state index is 13.8. The van der Waals surface area contributed by atoms with Gasteiger partial charge in [-0.1, -0.05) is 114 Å². The van der Waals surface area contributed by atoms with Crippen LogP contribution in [0.25, 0.3) is 11.1 Å². The summed E-state index contributed by atoms with van der Waals surface area (Å²) >= 11 is 18.3. The summed E-state index contributed by atoms with van der Waals surface area (Å²) in [6.45, 7) is 1.86. The van der Waals surface area contributed by atoms with E-state index in [2.05, 4.69) is 10.3 Å². The van der Waals surface area contributed by atoms with Crippen LogP contribution in [-0.4, -0.2) is 20.6 Å². The normalized spacial score (nSPS) is 12.9. The molecule has 1 heterocycles. The number of carbonyl (C=O) groups excluding carboxylic acids is 2. The first kappa shape index (κ1) is 26.7. The molecule has 0 aliphatic carbocycles. The molecule has 0 saturated carbocycles. The number of amides is 2. The van der Waals surface area contributed by atoms with Crippen LogP contribution in [0, 0.1) is 0 Å². The average Bonchev–Trinajstić information content (AvgIpc) is 2.92. The molecule has 0 fully saturated rings. The third-order valence-corrected chi connectivity index (χ3v) is 6.36. The van der Waals surface area contributed by atoms with Crippen LogP contribution in [0.2, 0.25) is 0 Å². The van der Waals surface area contributed by atoms with Crippen molar-refractivity contribution < 1.29 is 9.59 Å². The van der Waals surface area contributed by atoms with E-state index in [-0.39, 0.29) is 6.04 Å². The van der Waals surface area contributed by atoms with E-state index >= 15 is 0 Å². The number of hydrogen-bond donors (Lipinski definition) is 1. The van der Waals surface area contributed by atoms with Gasteiger partial charge in [0.25, 0.3) is 9.70 Å². The van der Waals surface area contributed by atoms with Gasteiger partial charge in [0.2, 0.25) is 5.91 Å². The number of nitrogens with one attached hydrogen (secondary N) is 1. The summed E-state index contributed by atoms with van der Waals surface area (Å²) in [5.74, 6) is -1.31. The molecule has 37 heavy (non-hydrogen) atoms. The van der Waals surface area contributed by atoms with E-state index < -0.39 is 21.6 Å². The minimum atomic E-state index is -2.30. The highest BCUT2D eigenvalue weighted by atomic mass is 35.6. The summed E-state index contributed by atoms with van der Waals surface area (Å²) in [6.07, 6.45) is 3.11. The number of aromatic nitrogens is 1. The van der Waals surface area contributed by atoms with Crippen LogP contribution in [0.4, 0.5) is 5.69 Å². The molecule has 8 heteroatoms. The van der Waals surface area contributed by atoms with Crippen molar-refractivity contribution in [3.8, 4) is 11.1 Å². The molecule has 4 aromatic rings. The molecule has 3 aromatic carbocycles. The second-order valence-corrected chi connectivity index (χ2v) is 10.7. The van der Waals surface area contributed by atoms with Gasteiger partial charge in [-0.25, -0.2) is 0 Å². The first-order valence-electron chi connectivity index (χ1n) is 11.6. The highest BCUT2D eigenvalue weighted by molar-refractivity contribution is 6.77. The number of alkyl halides is 3. The first-order valence-corrected chi connectivity index (χ1v) is 12.7. The fraction of sp³-hybridized carbons (Fsp3) is 0.138. The molecule has 4 rings (SSSR count). The van der Waals surface area contributed by atoms with Crippen LogP contribution >= 0.6 is 34.8 Å². The second kappa shape index (κ2) is 11.8. The summed E-state index contributed by atoms with van der Waals surface area (Å²) in [7, 11) is 0. The van der Waals surface area contributed by atoms with Gasteiger partial charge in [-0.15, -0.1) is 0 Å². The van der Waals surface area contributed by atoms with Crippen molar-refractivity contribution in [2.24, 2.45) is 0 Å². The third-order valence-electron chi connectivity index (χ3n) is 5.88. The minimum Gasteiger partial charge on any atom is -0.347 e. The number of nitrogens with zero attached hydrogens (tertiary/aromatic N) is 2. The lowest BCUT2D eigenvalue weighted by molar-refractivity contribution is -0.126. The zero-order valence-electron chi connectivity index (χ0n) is 19.9. The van der Waals surface area contributed by atoms with Gasteiger partial charge in [0.1, 0.15) is 6.04 Å². The third kappa shape index (κ3) is 6.50. The summed E-state index contributed by atoms with van der Waals surface area (Å²) in [4.78, 5) is 32.7.